The fraction of sp³-hybridized carbons (Fsp3) is 0.333. The number of methoxy groups -OCH3 is 1. The lowest BCUT2D eigenvalue weighted by Crippen LogP contribution is -2.10. The van der Waals surface area contributed by atoms with E-state index in [9.17, 15) is 4.79 Å². The summed E-state index contributed by atoms with van der Waals surface area (Å²) in [5.74, 6) is 1.63. The normalized spacial score (nSPS) is 18.5. The standard InChI is InChI=1S/C30H31N3O4/c1-19-20(17-31-22-12-13-23-21(15-29(34)35-2)18-37-28(23)16-22)7-5-10-25(19)33-26-9-4-3-8-24(26)32-30(33)27-11-6-14-36-27/h3-5,7-10,12-13,16,21,27,31H,6,11,14-15,17-18H2,1-2H3. The number of hydrogen-bond acceptors (Lipinski definition) is 6. The number of nitrogens with zero attached hydrogens (tertiary/aromatic N) is 2. The van der Waals surface area contributed by atoms with Gasteiger partial charge in [-0.2, -0.15) is 0 Å². The second kappa shape index (κ2) is 9.90. The summed E-state index contributed by atoms with van der Waals surface area (Å²) in [6.45, 7) is 4.13. The Morgan fingerprint density at radius 3 is 2.89 bits per heavy atom. The highest BCUT2D eigenvalue weighted by Gasteiger charge is 2.28. The average Bonchev–Trinajstić information content (AvgIpc) is 3.67. The van der Waals surface area contributed by atoms with Crippen LogP contribution in [0.3, 0.4) is 0 Å². The summed E-state index contributed by atoms with van der Waals surface area (Å²) >= 11 is 0. The van der Waals surface area contributed by atoms with Gasteiger partial charge in [-0.25, -0.2) is 4.98 Å². The SMILES string of the molecule is COC(=O)CC1COc2cc(NCc3cccc(-n4c(C5CCCO5)nc5ccccc54)c3C)ccc21. The number of carbonyl (C=O) groups is 1. The number of nitrogens with one attached hydrogen (secondary N) is 1. The number of hydrogen-bond donors (Lipinski definition) is 1. The van der Waals surface area contributed by atoms with Crippen molar-refractivity contribution in [3.63, 3.8) is 0 Å². The third-order valence-corrected chi connectivity index (χ3v) is 7.48. The number of carbonyl (C=O) groups excluding carboxylic acids is 1. The van der Waals surface area contributed by atoms with Crippen LogP contribution in [-0.2, 0) is 20.8 Å². The second-order valence-corrected chi connectivity index (χ2v) is 9.75. The molecule has 0 radical (unpaired) electrons. The smallest absolute Gasteiger partial charge is 0.306 e. The van der Waals surface area contributed by atoms with Gasteiger partial charge in [-0.3, -0.25) is 9.36 Å². The van der Waals surface area contributed by atoms with Crippen LogP contribution in [0.5, 0.6) is 5.75 Å². The average molecular weight is 498 g/mol. The number of ether oxygens (including phenoxy) is 3. The Morgan fingerprint density at radius 1 is 1.16 bits per heavy atom. The van der Waals surface area contributed by atoms with Crippen molar-refractivity contribution in [3.05, 3.63) is 83.2 Å². The first kappa shape index (κ1) is 23.6. The summed E-state index contributed by atoms with van der Waals surface area (Å²) in [7, 11) is 1.42. The van der Waals surface area contributed by atoms with E-state index < -0.39 is 0 Å². The Labute approximate surface area is 216 Å². The molecule has 0 aliphatic carbocycles. The van der Waals surface area contributed by atoms with E-state index >= 15 is 0 Å². The van der Waals surface area contributed by atoms with Crippen LogP contribution in [0.4, 0.5) is 5.69 Å². The molecular weight excluding hydrogens is 466 g/mol. The summed E-state index contributed by atoms with van der Waals surface area (Å²) < 4.78 is 19.0. The highest BCUT2D eigenvalue weighted by Crippen LogP contribution is 2.38. The van der Waals surface area contributed by atoms with Crippen LogP contribution in [0.1, 0.15) is 53.8 Å². The Morgan fingerprint density at radius 2 is 2.05 bits per heavy atom. The topological polar surface area (TPSA) is 74.6 Å². The number of para-hydroxylation sites is 2. The van der Waals surface area contributed by atoms with E-state index in [-0.39, 0.29) is 18.0 Å². The molecule has 3 heterocycles. The van der Waals surface area contributed by atoms with Gasteiger partial charge < -0.3 is 19.5 Å². The molecule has 2 aliphatic rings. The zero-order chi connectivity index (χ0) is 25.4. The van der Waals surface area contributed by atoms with Crippen molar-refractivity contribution in [2.24, 2.45) is 0 Å². The predicted octanol–water partition coefficient (Wildman–Crippen LogP) is 5.84. The fourth-order valence-electron chi connectivity index (χ4n) is 5.44. The third-order valence-electron chi connectivity index (χ3n) is 7.48. The maximum Gasteiger partial charge on any atom is 0.306 e. The molecule has 37 heavy (non-hydrogen) atoms. The lowest BCUT2D eigenvalue weighted by atomic mass is 9.97. The van der Waals surface area contributed by atoms with E-state index in [1.165, 1.54) is 18.2 Å². The summed E-state index contributed by atoms with van der Waals surface area (Å²) in [4.78, 5) is 16.7. The van der Waals surface area contributed by atoms with Gasteiger partial charge in [-0.1, -0.05) is 30.3 Å². The molecule has 7 nitrogen and oxygen atoms in total. The molecule has 1 N–H and O–H groups in total. The Kier molecular flexibility index (Phi) is 6.30. The zero-order valence-corrected chi connectivity index (χ0v) is 21.2. The molecule has 190 valence electrons. The Balaban J connectivity index is 1.26. The van der Waals surface area contributed by atoms with Gasteiger partial charge in [-0.05, 0) is 55.2 Å². The lowest BCUT2D eigenvalue weighted by molar-refractivity contribution is -0.141. The minimum atomic E-state index is -0.215. The van der Waals surface area contributed by atoms with Crippen LogP contribution in [-0.4, -0.2) is 35.8 Å². The molecule has 7 heteroatoms. The third kappa shape index (κ3) is 4.44. The van der Waals surface area contributed by atoms with Crippen LogP contribution in [0, 0.1) is 6.92 Å². The minimum absolute atomic E-state index is 0.0167. The number of benzene rings is 3. The van der Waals surface area contributed by atoms with E-state index in [0.29, 0.717) is 19.6 Å². The molecule has 6 rings (SSSR count). The van der Waals surface area contributed by atoms with Crippen molar-refractivity contribution < 1.29 is 19.0 Å². The van der Waals surface area contributed by atoms with Gasteiger partial charge in [0.15, 0.2) is 0 Å². The van der Waals surface area contributed by atoms with E-state index in [4.69, 9.17) is 19.2 Å². The van der Waals surface area contributed by atoms with Gasteiger partial charge in [0.2, 0.25) is 0 Å². The number of fused-ring (bicyclic) bond motifs is 2. The zero-order valence-electron chi connectivity index (χ0n) is 21.2. The highest BCUT2D eigenvalue weighted by atomic mass is 16.5. The number of imidazole rings is 1. The minimum Gasteiger partial charge on any atom is -0.493 e. The van der Waals surface area contributed by atoms with Gasteiger partial charge in [0.05, 0.1) is 36.9 Å². The maximum absolute atomic E-state index is 11.7. The number of esters is 1. The first-order valence-electron chi connectivity index (χ1n) is 12.9. The number of rotatable bonds is 7. The van der Waals surface area contributed by atoms with Crippen molar-refractivity contribution >= 4 is 22.7 Å². The number of aromatic nitrogens is 2. The van der Waals surface area contributed by atoms with Gasteiger partial charge in [0.25, 0.3) is 0 Å². The van der Waals surface area contributed by atoms with E-state index in [1.54, 1.807) is 0 Å². The monoisotopic (exact) mass is 497 g/mol. The van der Waals surface area contributed by atoms with E-state index in [1.807, 2.05) is 18.2 Å². The molecule has 0 amide bonds. The fourth-order valence-corrected chi connectivity index (χ4v) is 5.44. The lowest BCUT2D eigenvalue weighted by Gasteiger charge is -2.18. The van der Waals surface area contributed by atoms with Gasteiger partial charge in [-0.15, -0.1) is 0 Å². The summed E-state index contributed by atoms with van der Waals surface area (Å²) in [6, 6.07) is 20.8. The summed E-state index contributed by atoms with van der Waals surface area (Å²) in [6.07, 6.45) is 2.40. The molecular formula is C30H31N3O4. The van der Waals surface area contributed by atoms with Crippen molar-refractivity contribution in [1.29, 1.82) is 0 Å². The summed E-state index contributed by atoms with van der Waals surface area (Å²) in [5, 5.41) is 3.56. The quantitative estimate of drug-likeness (QED) is 0.324. The molecule has 2 unspecified atom stereocenters. The number of anilines is 1. The predicted molar refractivity (Wildman–Crippen MR) is 142 cm³/mol. The summed E-state index contributed by atoms with van der Waals surface area (Å²) in [5.41, 5.74) is 7.66. The van der Waals surface area contributed by atoms with Crippen molar-refractivity contribution in [2.75, 3.05) is 25.6 Å². The largest absolute Gasteiger partial charge is 0.493 e. The van der Waals surface area contributed by atoms with Crippen LogP contribution in [0.2, 0.25) is 0 Å². The van der Waals surface area contributed by atoms with E-state index in [0.717, 1.165) is 59.0 Å². The highest BCUT2D eigenvalue weighted by molar-refractivity contribution is 5.79. The Hall–Kier alpha value is -3.84. The van der Waals surface area contributed by atoms with Crippen LogP contribution >= 0.6 is 0 Å². The first-order valence-corrected chi connectivity index (χ1v) is 12.9. The van der Waals surface area contributed by atoms with Crippen LogP contribution in [0.25, 0.3) is 16.7 Å². The molecule has 1 fully saturated rings. The van der Waals surface area contributed by atoms with Gasteiger partial charge in [0, 0.05) is 36.4 Å². The maximum atomic E-state index is 11.7. The molecule has 0 bridgehead atoms. The molecule has 1 saturated heterocycles. The molecule has 2 aliphatic heterocycles. The molecule has 1 aromatic heterocycles. The van der Waals surface area contributed by atoms with Crippen molar-refractivity contribution in [3.8, 4) is 11.4 Å². The van der Waals surface area contributed by atoms with E-state index in [2.05, 4.69) is 59.3 Å². The second-order valence-electron chi connectivity index (χ2n) is 9.75. The van der Waals surface area contributed by atoms with Crippen molar-refractivity contribution in [1.82, 2.24) is 9.55 Å². The van der Waals surface area contributed by atoms with Crippen LogP contribution in [0.15, 0.2) is 60.7 Å². The van der Waals surface area contributed by atoms with Gasteiger partial charge >= 0.3 is 5.97 Å². The van der Waals surface area contributed by atoms with Crippen molar-refractivity contribution in [2.45, 2.75) is 44.8 Å². The first-order chi connectivity index (χ1) is 18.1. The molecule has 3 aromatic carbocycles. The van der Waals surface area contributed by atoms with Crippen LogP contribution < -0.4 is 10.1 Å². The molecule has 0 spiro atoms. The van der Waals surface area contributed by atoms with Gasteiger partial charge in [0.1, 0.15) is 17.7 Å². The molecule has 2 atom stereocenters. The Bertz CT molecular complexity index is 1450. The molecule has 4 aromatic rings. The molecule has 0 saturated carbocycles.